The molecule has 35 heavy (non-hydrogen) atoms. The molecule has 2 heteroatoms. The molecule has 0 amide bonds. The zero-order valence-corrected chi connectivity index (χ0v) is 18.7. The molecule has 0 saturated heterocycles. The Morgan fingerprint density at radius 2 is 1.11 bits per heavy atom. The first kappa shape index (κ1) is 18.5. The van der Waals surface area contributed by atoms with E-state index in [2.05, 4.69) is 84.9 Å². The number of fused-ring (bicyclic) bond motifs is 2. The molecular weight excluding hydrogens is 426 g/mol. The predicted molar refractivity (Wildman–Crippen MR) is 143 cm³/mol. The Kier molecular flexibility index (Phi) is 3.49. The normalized spacial score (nSPS) is 12.2. The highest BCUT2D eigenvalue weighted by molar-refractivity contribution is 6.26. The van der Waals surface area contributed by atoms with Crippen LogP contribution in [0.4, 0.5) is 0 Å². The molecule has 0 aliphatic carbocycles. The van der Waals surface area contributed by atoms with Crippen molar-refractivity contribution < 1.29 is 4.74 Å². The Labute approximate surface area is 201 Å². The average Bonchev–Trinajstić information content (AvgIpc) is 2.91. The summed E-state index contributed by atoms with van der Waals surface area (Å²) < 4.78 is 6.31. The first-order valence-electron chi connectivity index (χ1n) is 11.8. The summed E-state index contributed by atoms with van der Waals surface area (Å²) in [5.74, 6) is 1.57. The molecule has 1 aliphatic rings. The lowest BCUT2D eigenvalue weighted by Crippen LogP contribution is -1.98. The van der Waals surface area contributed by atoms with Crippen LogP contribution in [0.25, 0.3) is 65.3 Å². The molecule has 0 spiro atoms. The summed E-state index contributed by atoms with van der Waals surface area (Å²) in [6.07, 6.45) is 0. The lowest BCUT2D eigenvalue weighted by molar-refractivity contribution is 0.487. The van der Waals surface area contributed by atoms with Crippen LogP contribution in [-0.2, 0) is 0 Å². The molecule has 7 aromatic carbocycles. The highest BCUT2D eigenvalue weighted by Crippen LogP contribution is 2.50. The monoisotopic (exact) mass is 443 g/mol. The van der Waals surface area contributed by atoms with Crippen molar-refractivity contribution in [1.82, 2.24) is 0 Å². The van der Waals surface area contributed by atoms with Crippen molar-refractivity contribution in [2.75, 3.05) is 0 Å². The fourth-order valence-electron chi connectivity index (χ4n) is 5.91. The van der Waals surface area contributed by atoms with E-state index in [4.69, 9.17) is 4.74 Å². The van der Waals surface area contributed by atoms with Crippen LogP contribution >= 0.6 is 0 Å². The summed E-state index contributed by atoms with van der Waals surface area (Å²) in [5.41, 5.74) is 5.19. The van der Waals surface area contributed by atoms with Gasteiger partial charge in [-0.15, -0.1) is 0 Å². The second-order valence-electron chi connectivity index (χ2n) is 9.23. The van der Waals surface area contributed by atoms with E-state index in [0.717, 1.165) is 28.0 Å². The number of nitrogens with zero attached hydrogens (tertiary/aromatic N) is 1. The van der Waals surface area contributed by atoms with Gasteiger partial charge in [-0.3, -0.25) is 0 Å². The molecule has 0 atom stereocenters. The number of benzene rings is 7. The molecule has 8 rings (SSSR count). The fourth-order valence-corrected chi connectivity index (χ4v) is 5.91. The van der Waals surface area contributed by atoms with E-state index in [1.807, 2.05) is 24.3 Å². The number of nitriles is 1. The van der Waals surface area contributed by atoms with Crippen LogP contribution in [-0.4, -0.2) is 0 Å². The van der Waals surface area contributed by atoms with Gasteiger partial charge >= 0.3 is 0 Å². The van der Waals surface area contributed by atoms with Gasteiger partial charge < -0.3 is 4.74 Å². The summed E-state index contributed by atoms with van der Waals surface area (Å²) in [6, 6.07) is 38.6. The van der Waals surface area contributed by atoms with Crippen LogP contribution in [0.1, 0.15) is 5.56 Å². The van der Waals surface area contributed by atoms with Crippen molar-refractivity contribution in [2.45, 2.75) is 0 Å². The van der Waals surface area contributed by atoms with Gasteiger partial charge in [-0.1, -0.05) is 78.9 Å². The van der Waals surface area contributed by atoms with Gasteiger partial charge in [0.25, 0.3) is 0 Å². The Balaban J connectivity index is 1.46. The van der Waals surface area contributed by atoms with E-state index in [9.17, 15) is 5.26 Å². The van der Waals surface area contributed by atoms with Crippen molar-refractivity contribution in [3.63, 3.8) is 0 Å². The van der Waals surface area contributed by atoms with Crippen LogP contribution in [0, 0.1) is 11.3 Å². The minimum Gasteiger partial charge on any atom is -0.456 e. The Bertz CT molecular complexity index is 2030. The van der Waals surface area contributed by atoms with Crippen LogP contribution in [0.5, 0.6) is 11.5 Å². The summed E-state index contributed by atoms with van der Waals surface area (Å²) in [4.78, 5) is 0. The number of hydrogen-bond acceptors (Lipinski definition) is 2. The Morgan fingerprint density at radius 1 is 0.486 bits per heavy atom. The summed E-state index contributed by atoms with van der Waals surface area (Å²) in [6.45, 7) is 0. The predicted octanol–water partition coefficient (Wildman–Crippen LogP) is 9.05. The molecule has 160 valence electrons. The molecule has 2 nitrogen and oxygen atoms in total. The van der Waals surface area contributed by atoms with Gasteiger partial charge in [0.2, 0.25) is 0 Å². The van der Waals surface area contributed by atoms with Crippen molar-refractivity contribution in [2.24, 2.45) is 0 Å². The van der Waals surface area contributed by atoms with Gasteiger partial charge in [0, 0.05) is 10.9 Å². The van der Waals surface area contributed by atoms with Crippen molar-refractivity contribution in [3.8, 4) is 39.8 Å². The number of rotatable bonds is 1. The van der Waals surface area contributed by atoms with Gasteiger partial charge in [0.15, 0.2) is 0 Å². The van der Waals surface area contributed by atoms with Crippen LogP contribution in [0.3, 0.4) is 0 Å². The maximum atomic E-state index is 9.33. The Morgan fingerprint density at radius 3 is 1.94 bits per heavy atom. The lowest BCUT2D eigenvalue weighted by atomic mass is 9.86. The zero-order chi connectivity index (χ0) is 23.1. The summed E-state index contributed by atoms with van der Waals surface area (Å²) in [5, 5.41) is 19.4. The average molecular weight is 444 g/mol. The molecule has 0 bridgehead atoms. The van der Waals surface area contributed by atoms with E-state index in [0.29, 0.717) is 5.56 Å². The number of ether oxygens (including phenoxy) is 1. The standard InChI is InChI=1S/C33H17NO/c34-18-19-7-12-25-28-16-15-24(26-5-2-6-29(33(26)28)35-30(25)17-19)23-13-10-22-9-8-20-3-1-4-21-11-14-27(23)32(22)31(20)21/h1-17H. The first-order valence-corrected chi connectivity index (χ1v) is 11.8. The summed E-state index contributed by atoms with van der Waals surface area (Å²) >= 11 is 0. The second-order valence-corrected chi connectivity index (χ2v) is 9.23. The quantitative estimate of drug-likeness (QED) is 0.237. The smallest absolute Gasteiger partial charge is 0.136 e. The van der Waals surface area contributed by atoms with E-state index in [1.54, 1.807) is 0 Å². The van der Waals surface area contributed by atoms with Gasteiger partial charge in [0.05, 0.1) is 11.6 Å². The fraction of sp³-hybridized carbons (Fsp3) is 0. The van der Waals surface area contributed by atoms with Crippen molar-refractivity contribution >= 4 is 43.1 Å². The topological polar surface area (TPSA) is 33.0 Å². The summed E-state index contributed by atoms with van der Waals surface area (Å²) in [7, 11) is 0. The van der Waals surface area contributed by atoms with E-state index in [1.165, 1.54) is 48.8 Å². The molecule has 7 aromatic rings. The van der Waals surface area contributed by atoms with E-state index in [-0.39, 0.29) is 0 Å². The van der Waals surface area contributed by atoms with E-state index >= 15 is 0 Å². The highest BCUT2D eigenvalue weighted by Gasteiger charge is 2.22. The first-order chi connectivity index (χ1) is 17.3. The highest BCUT2D eigenvalue weighted by atomic mass is 16.5. The molecular formula is C33H17NO. The van der Waals surface area contributed by atoms with Crippen LogP contribution in [0.2, 0.25) is 0 Å². The molecule has 0 N–H and O–H groups in total. The van der Waals surface area contributed by atoms with Gasteiger partial charge in [-0.05, 0) is 78.7 Å². The molecule has 1 heterocycles. The molecule has 0 saturated carbocycles. The minimum atomic E-state index is 0.602. The molecule has 1 aliphatic heterocycles. The Hall–Kier alpha value is -4.87. The minimum absolute atomic E-state index is 0.602. The third kappa shape index (κ3) is 2.42. The van der Waals surface area contributed by atoms with Crippen molar-refractivity contribution in [3.05, 3.63) is 109 Å². The van der Waals surface area contributed by atoms with Gasteiger partial charge in [0.1, 0.15) is 11.5 Å². The SMILES string of the molecule is N#Cc1ccc2c(c1)Oc1cccc3c(-c4ccc5ccc6cccc7ccc4c5c67)ccc-2c13. The molecule has 0 unspecified atom stereocenters. The second kappa shape index (κ2) is 6.59. The lowest BCUT2D eigenvalue weighted by Gasteiger charge is -2.23. The maximum Gasteiger partial charge on any atom is 0.136 e. The van der Waals surface area contributed by atoms with Crippen LogP contribution < -0.4 is 4.74 Å². The maximum absolute atomic E-state index is 9.33. The number of hydrogen-bond donors (Lipinski definition) is 0. The van der Waals surface area contributed by atoms with Gasteiger partial charge in [-0.2, -0.15) is 5.26 Å². The third-order valence-electron chi connectivity index (χ3n) is 7.44. The third-order valence-corrected chi connectivity index (χ3v) is 7.44. The zero-order valence-electron chi connectivity index (χ0n) is 18.7. The largest absolute Gasteiger partial charge is 0.456 e. The van der Waals surface area contributed by atoms with Crippen molar-refractivity contribution in [1.29, 1.82) is 5.26 Å². The molecule has 0 aromatic heterocycles. The molecule has 0 radical (unpaired) electrons. The molecule has 0 fully saturated rings. The van der Waals surface area contributed by atoms with Gasteiger partial charge in [-0.25, -0.2) is 0 Å². The van der Waals surface area contributed by atoms with Crippen LogP contribution in [0.15, 0.2) is 103 Å². The van der Waals surface area contributed by atoms with E-state index < -0.39 is 0 Å².